The van der Waals surface area contributed by atoms with E-state index < -0.39 is 0 Å². The third-order valence-electron chi connectivity index (χ3n) is 4.04. The number of ether oxygens (including phenoxy) is 1. The van der Waals surface area contributed by atoms with E-state index in [0.29, 0.717) is 12.6 Å². The summed E-state index contributed by atoms with van der Waals surface area (Å²) in [5.41, 5.74) is 0. The molecule has 1 heterocycles. The van der Waals surface area contributed by atoms with Gasteiger partial charge in [-0.1, -0.05) is 45.3 Å². The molecule has 1 aliphatic rings. The quantitative estimate of drug-likeness (QED) is 0.471. The highest BCUT2D eigenvalue weighted by molar-refractivity contribution is 5.77. The Balaban J connectivity index is 2.17. The predicted octanol–water partition coefficient (Wildman–Crippen LogP) is 3.13. The summed E-state index contributed by atoms with van der Waals surface area (Å²) < 4.78 is 5.49. The van der Waals surface area contributed by atoms with Gasteiger partial charge in [0, 0.05) is 32.3 Å². The molecule has 1 aliphatic heterocycles. The molecule has 1 N–H and O–H groups in total. The number of nitrogens with zero attached hydrogens (tertiary/aromatic N) is 1. The number of unbranched alkanes of at least 4 members (excludes halogenated alkanes) is 3. The lowest BCUT2D eigenvalue weighted by Crippen LogP contribution is -2.49. The van der Waals surface area contributed by atoms with Gasteiger partial charge in [0.25, 0.3) is 0 Å². The molecule has 0 radical (unpaired) electrons. The van der Waals surface area contributed by atoms with Crippen molar-refractivity contribution in [2.24, 2.45) is 0 Å². The third-order valence-corrected chi connectivity index (χ3v) is 4.04. The number of hydrogen-bond acceptors (Lipinski definition) is 3. The lowest BCUT2D eigenvalue weighted by Gasteiger charge is -2.33. The second kappa shape index (κ2) is 12.7. The molecule has 1 atom stereocenters. The lowest BCUT2D eigenvalue weighted by molar-refractivity contribution is -0.137. The van der Waals surface area contributed by atoms with E-state index >= 15 is 0 Å². The highest BCUT2D eigenvalue weighted by atomic mass is 16.5. The highest BCUT2D eigenvalue weighted by Crippen LogP contribution is 2.10. The summed E-state index contributed by atoms with van der Waals surface area (Å²) in [7, 11) is 0. The van der Waals surface area contributed by atoms with Crippen LogP contribution >= 0.6 is 0 Å². The Morgan fingerprint density at radius 2 is 2.14 bits per heavy atom. The number of carbonyl (C=O) groups is 1. The van der Waals surface area contributed by atoms with E-state index in [2.05, 4.69) is 31.3 Å². The maximum absolute atomic E-state index is 12.2. The van der Waals surface area contributed by atoms with Crippen molar-refractivity contribution in [1.29, 1.82) is 0 Å². The predicted molar refractivity (Wildman–Crippen MR) is 92.0 cm³/mol. The second-order valence-corrected chi connectivity index (χ2v) is 6.11. The van der Waals surface area contributed by atoms with Gasteiger partial charge in [0.2, 0.25) is 5.91 Å². The zero-order valence-corrected chi connectivity index (χ0v) is 14.5. The van der Waals surface area contributed by atoms with Gasteiger partial charge < -0.3 is 15.0 Å². The standard InChI is InChI=1S/C18H34N2O2/c1-3-5-7-8-12-19-17-11-10-13-20(15-17)18(21)16-22-14-9-6-4-2/h7-8,17,19H,3-6,9-16H2,1-2H3/b8-7+. The van der Waals surface area contributed by atoms with Crippen LogP contribution in [0.15, 0.2) is 12.2 Å². The van der Waals surface area contributed by atoms with Crippen LogP contribution in [-0.2, 0) is 9.53 Å². The van der Waals surface area contributed by atoms with E-state index in [4.69, 9.17) is 4.74 Å². The first kappa shape index (κ1) is 19.2. The zero-order valence-electron chi connectivity index (χ0n) is 14.5. The van der Waals surface area contributed by atoms with Crippen molar-refractivity contribution in [2.75, 3.05) is 32.8 Å². The summed E-state index contributed by atoms with van der Waals surface area (Å²) >= 11 is 0. The molecule has 0 aromatic heterocycles. The fourth-order valence-corrected chi connectivity index (χ4v) is 2.68. The van der Waals surface area contributed by atoms with Crippen LogP contribution in [0.2, 0.25) is 0 Å². The van der Waals surface area contributed by atoms with Crippen molar-refractivity contribution >= 4 is 5.91 Å². The molecule has 4 nitrogen and oxygen atoms in total. The van der Waals surface area contributed by atoms with Gasteiger partial charge in [-0.15, -0.1) is 0 Å². The Morgan fingerprint density at radius 3 is 2.91 bits per heavy atom. The number of nitrogens with one attached hydrogen (secondary N) is 1. The van der Waals surface area contributed by atoms with Gasteiger partial charge in [-0.3, -0.25) is 4.79 Å². The maximum Gasteiger partial charge on any atom is 0.248 e. The monoisotopic (exact) mass is 310 g/mol. The smallest absolute Gasteiger partial charge is 0.248 e. The first-order chi connectivity index (χ1) is 10.8. The van der Waals surface area contributed by atoms with Crippen LogP contribution in [0.25, 0.3) is 0 Å². The first-order valence-electron chi connectivity index (χ1n) is 9.01. The summed E-state index contributed by atoms with van der Waals surface area (Å²) in [5, 5.41) is 3.53. The van der Waals surface area contributed by atoms with Crippen molar-refractivity contribution in [2.45, 2.75) is 64.8 Å². The number of allylic oxidation sites excluding steroid dienone is 1. The normalized spacial score (nSPS) is 19.0. The summed E-state index contributed by atoms with van der Waals surface area (Å²) in [6.45, 7) is 7.90. The minimum absolute atomic E-state index is 0.143. The molecular formula is C18H34N2O2. The molecule has 1 amide bonds. The van der Waals surface area contributed by atoms with E-state index in [1.165, 1.54) is 19.3 Å². The second-order valence-electron chi connectivity index (χ2n) is 6.11. The minimum Gasteiger partial charge on any atom is -0.372 e. The van der Waals surface area contributed by atoms with E-state index in [0.717, 1.165) is 45.3 Å². The van der Waals surface area contributed by atoms with Crippen LogP contribution in [-0.4, -0.2) is 49.7 Å². The highest BCUT2D eigenvalue weighted by Gasteiger charge is 2.22. The number of rotatable bonds is 11. The van der Waals surface area contributed by atoms with Crippen molar-refractivity contribution in [3.05, 3.63) is 12.2 Å². The fourth-order valence-electron chi connectivity index (χ4n) is 2.68. The van der Waals surface area contributed by atoms with Crippen LogP contribution in [0.4, 0.5) is 0 Å². The molecule has 0 aromatic carbocycles. The number of hydrogen-bond donors (Lipinski definition) is 1. The average Bonchev–Trinajstić information content (AvgIpc) is 2.54. The number of carbonyl (C=O) groups excluding carboxylic acids is 1. The Hall–Kier alpha value is -0.870. The van der Waals surface area contributed by atoms with Gasteiger partial charge in [-0.25, -0.2) is 0 Å². The van der Waals surface area contributed by atoms with Crippen molar-refractivity contribution in [1.82, 2.24) is 10.2 Å². The summed E-state index contributed by atoms with van der Waals surface area (Å²) in [6.07, 6.45) is 12.4. The van der Waals surface area contributed by atoms with Gasteiger partial charge in [-0.05, 0) is 25.7 Å². The molecule has 0 spiro atoms. The SMILES string of the molecule is CCC/C=C/CNC1CCCN(C(=O)COCCCCC)C1. The van der Waals surface area contributed by atoms with Crippen molar-refractivity contribution in [3.63, 3.8) is 0 Å². The molecule has 0 saturated carbocycles. The van der Waals surface area contributed by atoms with E-state index in [1.807, 2.05) is 4.90 Å². The zero-order chi connectivity index (χ0) is 16.0. The molecule has 1 unspecified atom stereocenters. The van der Waals surface area contributed by atoms with Crippen molar-refractivity contribution < 1.29 is 9.53 Å². The topological polar surface area (TPSA) is 41.6 Å². The van der Waals surface area contributed by atoms with Crippen LogP contribution in [0.3, 0.4) is 0 Å². The molecule has 1 saturated heterocycles. The Bertz CT molecular complexity index is 318. The summed E-state index contributed by atoms with van der Waals surface area (Å²) in [5.74, 6) is 0.143. The fraction of sp³-hybridized carbons (Fsp3) is 0.833. The van der Waals surface area contributed by atoms with Crippen LogP contribution in [0, 0.1) is 0 Å². The maximum atomic E-state index is 12.2. The van der Waals surface area contributed by atoms with Crippen LogP contribution in [0.1, 0.15) is 58.8 Å². The summed E-state index contributed by atoms with van der Waals surface area (Å²) in [6, 6.07) is 0.420. The molecule has 1 rings (SSSR count). The van der Waals surface area contributed by atoms with E-state index in [-0.39, 0.29) is 12.5 Å². The first-order valence-corrected chi connectivity index (χ1v) is 9.01. The van der Waals surface area contributed by atoms with Crippen molar-refractivity contribution in [3.8, 4) is 0 Å². The third kappa shape index (κ3) is 8.54. The molecular weight excluding hydrogens is 276 g/mol. The molecule has 0 bridgehead atoms. The Morgan fingerprint density at radius 1 is 1.27 bits per heavy atom. The van der Waals surface area contributed by atoms with E-state index in [1.54, 1.807) is 0 Å². The molecule has 0 aromatic rings. The number of amides is 1. The average molecular weight is 310 g/mol. The molecule has 1 fully saturated rings. The summed E-state index contributed by atoms with van der Waals surface area (Å²) in [4.78, 5) is 14.1. The Kier molecular flexibility index (Phi) is 11.0. The minimum atomic E-state index is 0.143. The van der Waals surface area contributed by atoms with Crippen LogP contribution in [0.5, 0.6) is 0 Å². The molecule has 0 aliphatic carbocycles. The number of likely N-dealkylation sites (tertiary alicyclic amines) is 1. The van der Waals surface area contributed by atoms with Crippen LogP contribution < -0.4 is 5.32 Å². The van der Waals surface area contributed by atoms with Gasteiger partial charge in [0.1, 0.15) is 6.61 Å². The molecule has 4 heteroatoms. The van der Waals surface area contributed by atoms with Gasteiger partial charge in [-0.2, -0.15) is 0 Å². The largest absolute Gasteiger partial charge is 0.372 e. The lowest BCUT2D eigenvalue weighted by atomic mass is 10.1. The molecule has 128 valence electrons. The van der Waals surface area contributed by atoms with E-state index in [9.17, 15) is 4.79 Å². The van der Waals surface area contributed by atoms with Gasteiger partial charge >= 0.3 is 0 Å². The Labute approximate surface area is 136 Å². The van der Waals surface area contributed by atoms with Gasteiger partial charge in [0.15, 0.2) is 0 Å². The number of piperidine rings is 1. The molecule has 22 heavy (non-hydrogen) atoms. The van der Waals surface area contributed by atoms with Gasteiger partial charge in [0.05, 0.1) is 0 Å².